The predicted octanol–water partition coefficient (Wildman–Crippen LogP) is 2.97. The fourth-order valence-corrected chi connectivity index (χ4v) is 1.39. The minimum Gasteiger partial charge on any atom is -0.381 e. The molecular formula is C12H27NO. The third-order valence-corrected chi connectivity index (χ3v) is 2.28. The van der Waals surface area contributed by atoms with Gasteiger partial charge in [-0.1, -0.05) is 39.5 Å². The quantitative estimate of drug-likeness (QED) is 0.519. The van der Waals surface area contributed by atoms with Gasteiger partial charge in [0.05, 0.1) is 0 Å². The zero-order valence-electron chi connectivity index (χ0n) is 9.98. The van der Waals surface area contributed by atoms with Gasteiger partial charge >= 0.3 is 0 Å². The summed E-state index contributed by atoms with van der Waals surface area (Å²) in [6.07, 6.45) is 7.78. The first kappa shape index (κ1) is 13.9. The van der Waals surface area contributed by atoms with Gasteiger partial charge in [-0.2, -0.15) is 0 Å². The van der Waals surface area contributed by atoms with Crippen LogP contribution < -0.4 is 5.32 Å². The van der Waals surface area contributed by atoms with Crippen LogP contribution in [0, 0.1) is 0 Å². The van der Waals surface area contributed by atoms with Crippen LogP contribution in [0.25, 0.3) is 0 Å². The highest BCUT2D eigenvalue weighted by atomic mass is 16.5. The van der Waals surface area contributed by atoms with Crippen molar-refractivity contribution in [3.8, 4) is 0 Å². The van der Waals surface area contributed by atoms with Gasteiger partial charge < -0.3 is 10.1 Å². The van der Waals surface area contributed by atoms with Gasteiger partial charge in [0, 0.05) is 13.2 Å². The first-order valence-electron chi connectivity index (χ1n) is 6.20. The molecule has 0 aliphatic carbocycles. The average molecular weight is 201 g/mol. The third kappa shape index (κ3) is 11.9. The molecule has 0 heterocycles. The molecule has 0 saturated heterocycles. The highest BCUT2D eigenvalue weighted by molar-refractivity contribution is 4.44. The molecule has 0 rings (SSSR count). The molecule has 2 heteroatoms. The molecule has 0 aromatic carbocycles. The van der Waals surface area contributed by atoms with Crippen LogP contribution in [0.2, 0.25) is 0 Å². The fourth-order valence-electron chi connectivity index (χ4n) is 1.39. The number of unbranched alkanes of at least 4 members (excludes halogenated alkanes) is 4. The topological polar surface area (TPSA) is 21.3 Å². The van der Waals surface area contributed by atoms with Crippen LogP contribution in [0.3, 0.4) is 0 Å². The number of nitrogens with one attached hydrogen (secondary N) is 1. The Morgan fingerprint density at radius 1 is 0.857 bits per heavy atom. The molecule has 0 aliphatic rings. The van der Waals surface area contributed by atoms with Crippen LogP contribution in [-0.2, 0) is 4.74 Å². The minimum absolute atomic E-state index is 0.917. The number of hydrogen-bond acceptors (Lipinski definition) is 2. The Labute approximate surface area is 89.4 Å². The van der Waals surface area contributed by atoms with E-state index in [9.17, 15) is 0 Å². The van der Waals surface area contributed by atoms with Crippen LogP contribution in [0.1, 0.15) is 52.4 Å². The van der Waals surface area contributed by atoms with Gasteiger partial charge in [0.2, 0.25) is 0 Å². The van der Waals surface area contributed by atoms with Crippen molar-refractivity contribution in [3.63, 3.8) is 0 Å². The molecule has 0 amide bonds. The lowest BCUT2D eigenvalue weighted by molar-refractivity contribution is 0.127. The highest BCUT2D eigenvalue weighted by Gasteiger charge is 1.90. The summed E-state index contributed by atoms with van der Waals surface area (Å²) in [4.78, 5) is 0. The zero-order valence-corrected chi connectivity index (χ0v) is 9.98. The molecule has 0 bridgehead atoms. The van der Waals surface area contributed by atoms with Crippen molar-refractivity contribution in [2.24, 2.45) is 0 Å². The molecule has 0 spiro atoms. The lowest BCUT2D eigenvalue weighted by Crippen LogP contribution is -2.15. The van der Waals surface area contributed by atoms with E-state index in [0.717, 1.165) is 32.7 Å². The van der Waals surface area contributed by atoms with Gasteiger partial charge in [0.1, 0.15) is 0 Å². The summed E-state index contributed by atoms with van der Waals surface area (Å²) in [6, 6.07) is 0. The van der Waals surface area contributed by atoms with Gasteiger partial charge in [-0.15, -0.1) is 0 Å². The van der Waals surface area contributed by atoms with Crippen LogP contribution >= 0.6 is 0 Å². The van der Waals surface area contributed by atoms with Gasteiger partial charge in [-0.05, 0) is 25.9 Å². The van der Waals surface area contributed by atoms with Crippen LogP contribution in [0.5, 0.6) is 0 Å². The van der Waals surface area contributed by atoms with Crippen molar-refractivity contribution < 1.29 is 4.74 Å². The first-order valence-corrected chi connectivity index (χ1v) is 6.20. The van der Waals surface area contributed by atoms with E-state index >= 15 is 0 Å². The fraction of sp³-hybridized carbons (Fsp3) is 1.00. The molecule has 0 aromatic rings. The molecule has 0 radical (unpaired) electrons. The second-order valence-corrected chi connectivity index (χ2v) is 3.73. The van der Waals surface area contributed by atoms with E-state index in [1.807, 2.05) is 0 Å². The van der Waals surface area contributed by atoms with Gasteiger partial charge in [0.25, 0.3) is 0 Å². The Kier molecular flexibility index (Phi) is 12.8. The molecule has 0 aliphatic heterocycles. The van der Waals surface area contributed by atoms with Gasteiger partial charge in [0.15, 0.2) is 0 Å². The molecular weight excluding hydrogens is 174 g/mol. The molecule has 86 valence electrons. The number of rotatable bonds is 11. The number of ether oxygens (including phenoxy) is 1. The van der Waals surface area contributed by atoms with E-state index in [2.05, 4.69) is 19.2 Å². The van der Waals surface area contributed by atoms with Crippen molar-refractivity contribution in [1.29, 1.82) is 0 Å². The van der Waals surface area contributed by atoms with E-state index in [0.29, 0.717) is 0 Å². The van der Waals surface area contributed by atoms with Gasteiger partial charge in [-0.25, -0.2) is 0 Å². The Balaban J connectivity index is 2.78. The number of hydrogen-bond donors (Lipinski definition) is 1. The Hall–Kier alpha value is -0.0800. The Morgan fingerprint density at radius 3 is 2.29 bits per heavy atom. The molecule has 1 N–H and O–H groups in total. The van der Waals surface area contributed by atoms with Crippen molar-refractivity contribution in [3.05, 3.63) is 0 Å². The molecule has 0 fully saturated rings. The molecule has 2 nitrogen and oxygen atoms in total. The maximum atomic E-state index is 5.52. The van der Waals surface area contributed by atoms with E-state index in [1.165, 1.54) is 32.1 Å². The summed E-state index contributed by atoms with van der Waals surface area (Å²) in [7, 11) is 0. The molecule has 0 unspecified atom stereocenters. The van der Waals surface area contributed by atoms with Gasteiger partial charge in [-0.3, -0.25) is 0 Å². The zero-order chi connectivity index (χ0) is 10.5. The summed E-state index contributed by atoms with van der Waals surface area (Å²) >= 11 is 0. The second kappa shape index (κ2) is 12.9. The maximum Gasteiger partial charge on any atom is 0.0478 e. The van der Waals surface area contributed by atoms with E-state index in [1.54, 1.807) is 0 Å². The van der Waals surface area contributed by atoms with Crippen molar-refractivity contribution in [1.82, 2.24) is 5.32 Å². The van der Waals surface area contributed by atoms with Crippen LogP contribution in [-0.4, -0.2) is 26.3 Å². The molecule has 14 heavy (non-hydrogen) atoms. The lowest BCUT2D eigenvalue weighted by Gasteiger charge is -2.04. The standard InChI is InChI=1S/C12H27NO/c1-3-5-6-7-8-11-14-12-9-10-13-4-2/h13H,3-12H2,1-2H3. The van der Waals surface area contributed by atoms with E-state index < -0.39 is 0 Å². The predicted molar refractivity (Wildman–Crippen MR) is 62.7 cm³/mol. The summed E-state index contributed by atoms with van der Waals surface area (Å²) < 4.78 is 5.52. The summed E-state index contributed by atoms with van der Waals surface area (Å²) in [5.74, 6) is 0. The summed E-state index contributed by atoms with van der Waals surface area (Å²) in [5, 5.41) is 3.29. The molecule has 0 aromatic heterocycles. The normalized spacial score (nSPS) is 10.7. The summed E-state index contributed by atoms with van der Waals surface area (Å²) in [6.45, 7) is 8.41. The Morgan fingerprint density at radius 2 is 1.57 bits per heavy atom. The smallest absolute Gasteiger partial charge is 0.0478 e. The van der Waals surface area contributed by atoms with Crippen molar-refractivity contribution >= 4 is 0 Å². The molecule has 0 atom stereocenters. The largest absolute Gasteiger partial charge is 0.381 e. The average Bonchev–Trinajstić information content (AvgIpc) is 2.21. The SMILES string of the molecule is CCCCCCCOCCCNCC. The third-order valence-electron chi connectivity index (χ3n) is 2.28. The summed E-state index contributed by atoms with van der Waals surface area (Å²) in [5.41, 5.74) is 0. The monoisotopic (exact) mass is 201 g/mol. The van der Waals surface area contributed by atoms with E-state index in [-0.39, 0.29) is 0 Å². The maximum absolute atomic E-state index is 5.52. The van der Waals surface area contributed by atoms with E-state index in [4.69, 9.17) is 4.74 Å². The van der Waals surface area contributed by atoms with Crippen molar-refractivity contribution in [2.45, 2.75) is 52.4 Å². The molecule has 0 saturated carbocycles. The van der Waals surface area contributed by atoms with Crippen LogP contribution in [0.15, 0.2) is 0 Å². The minimum atomic E-state index is 0.917. The van der Waals surface area contributed by atoms with Crippen molar-refractivity contribution in [2.75, 3.05) is 26.3 Å². The first-order chi connectivity index (χ1) is 6.91. The Bertz CT molecular complexity index is 84.3. The highest BCUT2D eigenvalue weighted by Crippen LogP contribution is 2.02. The lowest BCUT2D eigenvalue weighted by atomic mass is 10.2. The van der Waals surface area contributed by atoms with Crippen LogP contribution in [0.4, 0.5) is 0 Å². The second-order valence-electron chi connectivity index (χ2n) is 3.73.